The van der Waals surface area contributed by atoms with Gasteiger partial charge in [0.15, 0.2) is 11.6 Å². The first-order valence-corrected chi connectivity index (χ1v) is 6.63. The minimum Gasteiger partial charge on any atom is -0.491 e. The fraction of sp³-hybridized carbons (Fsp3) is 0.308. The first-order valence-electron chi connectivity index (χ1n) is 5.75. The number of nitrogens with zero attached hydrogens (tertiary/aromatic N) is 1. The molecule has 2 rings (SSSR count). The van der Waals surface area contributed by atoms with Crippen molar-refractivity contribution in [3.05, 3.63) is 35.1 Å². The molecule has 0 amide bonds. The van der Waals surface area contributed by atoms with Gasteiger partial charge in [-0.3, -0.25) is 0 Å². The van der Waals surface area contributed by atoms with Gasteiger partial charge in [0, 0.05) is 17.0 Å². The third-order valence-corrected chi connectivity index (χ3v) is 3.38. The molecule has 1 unspecified atom stereocenters. The number of hydrogen-bond donors (Lipinski definition) is 1. The van der Waals surface area contributed by atoms with Gasteiger partial charge in [-0.25, -0.2) is 9.37 Å². The van der Waals surface area contributed by atoms with Crippen molar-refractivity contribution in [1.29, 1.82) is 0 Å². The Bertz CT molecular complexity index is 540. The Morgan fingerprint density at radius 1 is 1.50 bits per heavy atom. The molecule has 0 spiro atoms. The molecule has 1 heterocycles. The topological polar surface area (TPSA) is 48.1 Å². The van der Waals surface area contributed by atoms with Gasteiger partial charge in [0.05, 0.1) is 12.3 Å². The van der Waals surface area contributed by atoms with Gasteiger partial charge in [-0.05, 0) is 32.0 Å². The van der Waals surface area contributed by atoms with E-state index in [1.54, 1.807) is 12.1 Å². The quantitative estimate of drug-likeness (QED) is 0.923. The van der Waals surface area contributed by atoms with Crippen LogP contribution in [0.4, 0.5) is 4.39 Å². The summed E-state index contributed by atoms with van der Waals surface area (Å²) in [6, 6.07) is 4.76. The molecular formula is C13H15FN2OS. The molecule has 1 atom stereocenters. The third-order valence-electron chi connectivity index (χ3n) is 2.47. The molecule has 0 radical (unpaired) electrons. The lowest BCUT2D eigenvalue weighted by atomic mass is 10.2. The normalized spacial score (nSPS) is 12.4. The van der Waals surface area contributed by atoms with Gasteiger partial charge in [0.25, 0.3) is 0 Å². The second-order valence-corrected chi connectivity index (χ2v) is 4.80. The molecule has 2 N–H and O–H groups in total. The number of halogens is 1. The molecule has 18 heavy (non-hydrogen) atoms. The Hall–Kier alpha value is -1.46. The van der Waals surface area contributed by atoms with Crippen LogP contribution in [0.1, 0.15) is 25.6 Å². The average molecular weight is 266 g/mol. The Balaban J connectivity index is 2.30. The number of aromatic nitrogens is 1. The maximum atomic E-state index is 13.7. The van der Waals surface area contributed by atoms with E-state index < -0.39 is 0 Å². The summed E-state index contributed by atoms with van der Waals surface area (Å²) in [5.41, 5.74) is 7.32. The van der Waals surface area contributed by atoms with E-state index in [0.717, 1.165) is 16.3 Å². The van der Waals surface area contributed by atoms with Gasteiger partial charge in [-0.2, -0.15) is 0 Å². The lowest BCUT2D eigenvalue weighted by Gasteiger charge is -2.05. The predicted molar refractivity (Wildman–Crippen MR) is 71.3 cm³/mol. The fourth-order valence-corrected chi connectivity index (χ4v) is 2.46. The fourth-order valence-electron chi connectivity index (χ4n) is 1.53. The highest BCUT2D eigenvalue weighted by atomic mass is 32.1. The van der Waals surface area contributed by atoms with Gasteiger partial charge in [0.1, 0.15) is 5.01 Å². The van der Waals surface area contributed by atoms with Crippen LogP contribution in [0.5, 0.6) is 5.75 Å². The largest absolute Gasteiger partial charge is 0.491 e. The van der Waals surface area contributed by atoms with Crippen LogP contribution >= 0.6 is 11.3 Å². The summed E-state index contributed by atoms with van der Waals surface area (Å²) in [7, 11) is 0. The number of ether oxygens (including phenoxy) is 1. The minimum atomic E-state index is -0.369. The van der Waals surface area contributed by atoms with Crippen LogP contribution < -0.4 is 10.5 Å². The van der Waals surface area contributed by atoms with Crippen LogP contribution in [0.15, 0.2) is 23.6 Å². The molecule has 1 aromatic heterocycles. The standard InChI is InChI=1S/C13H15FN2OS/c1-3-17-12-5-4-9(6-10(12)14)13-16-11(7-18-13)8(2)15/h4-8H,3,15H2,1-2H3. The van der Waals surface area contributed by atoms with Crippen molar-refractivity contribution in [2.45, 2.75) is 19.9 Å². The summed E-state index contributed by atoms with van der Waals surface area (Å²) in [5.74, 6) is -0.0999. The van der Waals surface area contributed by atoms with E-state index in [9.17, 15) is 4.39 Å². The number of nitrogens with two attached hydrogens (primary N) is 1. The van der Waals surface area contributed by atoms with Crippen molar-refractivity contribution in [3.8, 4) is 16.3 Å². The number of hydrogen-bond acceptors (Lipinski definition) is 4. The second-order valence-electron chi connectivity index (χ2n) is 3.94. The zero-order valence-electron chi connectivity index (χ0n) is 10.3. The highest BCUT2D eigenvalue weighted by Gasteiger charge is 2.10. The maximum absolute atomic E-state index is 13.7. The third kappa shape index (κ3) is 2.68. The molecular weight excluding hydrogens is 251 g/mol. The van der Waals surface area contributed by atoms with Gasteiger partial charge in [-0.15, -0.1) is 11.3 Å². The van der Waals surface area contributed by atoms with Crippen LogP contribution in [0, 0.1) is 5.82 Å². The zero-order valence-corrected chi connectivity index (χ0v) is 11.1. The highest BCUT2D eigenvalue weighted by molar-refractivity contribution is 7.13. The summed E-state index contributed by atoms with van der Waals surface area (Å²) in [4.78, 5) is 4.38. The molecule has 2 aromatic rings. The SMILES string of the molecule is CCOc1ccc(-c2nc(C(C)N)cs2)cc1F. The van der Waals surface area contributed by atoms with Crippen molar-refractivity contribution >= 4 is 11.3 Å². The molecule has 96 valence electrons. The molecule has 0 fully saturated rings. The van der Waals surface area contributed by atoms with Gasteiger partial charge in [-0.1, -0.05) is 0 Å². The summed E-state index contributed by atoms with van der Waals surface area (Å²) >= 11 is 1.46. The van der Waals surface area contributed by atoms with E-state index in [2.05, 4.69) is 4.98 Å². The Morgan fingerprint density at radius 3 is 2.83 bits per heavy atom. The molecule has 3 nitrogen and oxygen atoms in total. The minimum absolute atomic E-state index is 0.109. The van der Waals surface area contributed by atoms with Crippen molar-refractivity contribution in [3.63, 3.8) is 0 Å². The first-order chi connectivity index (χ1) is 8.61. The Morgan fingerprint density at radius 2 is 2.28 bits per heavy atom. The molecule has 5 heteroatoms. The van der Waals surface area contributed by atoms with Crippen molar-refractivity contribution in [2.24, 2.45) is 5.73 Å². The highest BCUT2D eigenvalue weighted by Crippen LogP contribution is 2.29. The van der Waals surface area contributed by atoms with Gasteiger partial charge < -0.3 is 10.5 Å². The summed E-state index contributed by atoms with van der Waals surface area (Å²) in [6.45, 7) is 4.14. The van der Waals surface area contributed by atoms with Crippen molar-refractivity contribution < 1.29 is 9.13 Å². The van der Waals surface area contributed by atoms with Crippen molar-refractivity contribution in [1.82, 2.24) is 4.98 Å². The number of rotatable bonds is 4. The summed E-state index contributed by atoms with van der Waals surface area (Å²) in [6.07, 6.45) is 0. The van der Waals surface area contributed by atoms with Crippen LogP contribution in [-0.2, 0) is 0 Å². The van der Waals surface area contributed by atoms with Crippen molar-refractivity contribution in [2.75, 3.05) is 6.61 Å². The molecule has 0 bridgehead atoms. The lowest BCUT2D eigenvalue weighted by molar-refractivity contribution is 0.321. The number of thiazole rings is 1. The lowest BCUT2D eigenvalue weighted by Crippen LogP contribution is -2.04. The first kappa shape index (κ1) is 13.0. The maximum Gasteiger partial charge on any atom is 0.165 e. The Labute approximate surface area is 109 Å². The van der Waals surface area contributed by atoms with E-state index in [4.69, 9.17) is 10.5 Å². The number of benzene rings is 1. The molecule has 0 aliphatic rings. The van der Waals surface area contributed by atoms with Crippen LogP contribution in [0.2, 0.25) is 0 Å². The molecule has 0 aliphatic carbocycles. The molecule has 0 saturated heterocycles. The average Bonchev–Trinajstić information content (AvgIpc) is 2.81. The molecule has 1 aromatic carbocycles. The van der Waals surface area contributed by atoms with E-state index >= 15 is 0 Å². The molecule has 0 saturated carbocycles. The van der Waals surface area contributed by atoms with E-state index in [1.165, 1.54) is 17.4 Å². The van der Waals surface area contributed by atoms with Gasteiger partial charge >= 0.3 is 0 Å². The van der Waals surface area contributed by atoms with Crippen LogP contribution in [0.3, 0.4) is 0 Å². The van der Waals surface area contributed by atoms with E-state index in [-0.39, 0.29) is 17.6 Å². The second kappa shape index (κ2) is 5.46. The monoisotopic (exact) mass is 266 g/mol. The van der Waals surface area contributed by atoms with Crippen LogP contribution in [0.25, 0.3) is 10.6 Å². The van der Waals surface area contributed by atoms with E-state index in [0.29, 0.717) is 6.61 Å². The Kier molecular flexibility index (Phi) is 3.93. The van der Waals surface area contributed by atoms with Crippen LogP contribution in [-0.4, -0.2) is 11.6 Å². The zero-order chi connectivity index (χ0) is 13.1. The van der Waals surface area contributed by atoms with E-state index in [1.807, 2.05) is 19.2 Å². The molecule has 0 aliphatic heterocycles. The predicted octanol–water partition coefficient (Wildman–Crippen LogP) is 3.37. The summed E-state index contributed by atoms with van der Waals surface area (Å²) < 4.78 is 18.9. The van der Waals surface area contributed by atoms with Gasteiger partial charge in [0.2, 0.25) is 0 Å². The smallest absolute Gasteiger partial charge is 0.165 e. The summed E-state index contributed by atoms with van der Waals surface area (Å²) in [5, 5.41) is 2.67.